The summed E-state index contributed by atoms with van der Waals surface area (Å²) in [5.41, 5.74) is 0.297. The molecule has 1 N–H and O–H groups in total. The average Bonchev–Trinajstić information content (AvgIpc) is 3.10. The number of aromatic nitrogens is 2. The van der Waals surface area contributed by atoms with E-state index in [0.29, 0.717) is 17.3 Å². The van der Waals surface area contributed by atoms with Crippen LogP contribution in [0.25, 0.3) is 0 Å². The van der Waals surface area contributed by atoms with Crippen LogP contribution in [-0.4, -0.2) is 40.2 Å². The van der Waals surface area contributed by atoms with Gasteiger partial charge in [0.05, 0.1) is 12.0 Å². The quantitative estimate of drug-likeness (QED) is 0.475. The van der Waals surface area contributed by atoms with Crippen molar-refractivity contribution in [3.8, 4) is 0 Å². The van der Waals surface area contributed by atoms with Gasteiger partial charge in [-0.3, -0.25) is 19.9 Å². The van der Waals surface area contributed by atoms with Crippen LogP contribution >= 0.6 is 11.6 Å². The fraction of sp³-hybridized carbons (Fsp3) is 0.235. The highest BCUT2D eigenvalue weighted by Crippen LogP contribution is 2.23. The lowest BCUT2D eigenvalue weighted by molar-refractivity contribution is -0.131. The molecule has 1 fully saturated rings. The molecular weight excluding hydrogens is 358 g/mol. The molecule has 0 aliphatic carbocycles. The second-order valence-electron chi connectivity index (χ2n) is 5.63. The van der Waals surface area contributed by atoms with Crippen LogP contribution in [0, 0.1) is 5.92 Å². The third-order valence-electron chi connectivity index (χ3n) is 3.79. The minimum absolute atomic E-state index is 0.297. The summed E-state index contributed by atoms with van der Waals surface area (Å²) in [4.78, 5) is 45.7. The summed E-state index contributed by atoms with van der Waals surface area (Å²) >= 11 is 5.92. The maximum atomic E-state index is 12.6. The van der Waals surface area contributed by atoms with Gasteiger partial charge >= 0.3 is 6.03 Å². The Balaban J connectivity index is 1.66. The number of amides is 4. The molecule has 0 bridgehead atoms. The Morgan fingerprint density at radius 3 is 2.88 bits per heavy atom. The van der Waals surface area contributed by atoms with Gasteiger partial charge in [0.1, 0.15) is 0 Å². The number of carbonyl (C=O) groups is 3. The molecule has 4 amide bonds. The van der Waals surface area contributed by atoms with Crippen molar-refractivity contribution in [2.75, 3.05) is 11.4 Å². The number of halogens is 1. The summed E-state index contributed by atoms with van der Waals surface area (Å²) in [6, 6.07) is 5.49. The Morgan fingerprint density at radius 2 is 2.15 bits per heavy atom. The van der Waals surface area contributed by atoms with E-state index in [9.17, 15) is 14.4 Å². The molecule has 26 heavy (non-hydrogen) atoms. The molecular formula is C17H16ClN5O3. The molecule has 9 heteroatoms. The number of benzene rings is 1. The van der Waals surface area contributed by atoms with Crippen molar-refractivity contribution >= 4 is 41.3 Å². The van der Waals surface area contributed by atoms with Crippen LogP contribution in [0.15, 0.2) is 48.0 Å². The van der Waals surface area contributed by atoms with Gasteiger partial charge in [-0.25, -0.2) is 14.7 Å². The smallest absolute Gasteiger partial charge is 0.335 e. The molecule has 1 aliphatic heterocycles. The zero-order chi connectivity index (χ0) is 18.5. The average molecular weight is 374 g/mol. The number of imide groups is 2. The topological polar surface area (TPSA) is 96.7 Å². The summed E-state index contributed by atoms with van der Waals surface area (Å²) in [6.07, 6.45) is 7.25. The first-order chi connectivity index (χ1) is 12.6. The molecule has 3 rings (SSSR count). The number of barbiturate groups is 1. The highest BCUT2D eigenvalue weighted by Gasteiger charge is 2.40. The normalized spacial score (nSPS) is 17.8. The third-order valence-corrected chi connectivity index (χ3v) is 4.02. The molecule has 1 aliphatic rings. The number of imidazole rings is 1. The van der Waals surface area contributed by atoms with Crippen molar-refractivity contribution in [3.05, 3.63) is 48.0 Å². The van der Waals surface area contributed by atoms with E-state index in [-0.39, 0.29) is 0 Å². The molecule has 1 aromatic carbocycles. The predicted octanol–water partition coefficient (Wildman–Crippen LogP) is 1.90. The molecule has 0 radical (unpaired) electrons. The number of carbonyl (C=O) groups excluding carboxylic acids is 3. The summed E-state index contributed by atoms with van der Waals surface area (Å²) in [5, 5.41) is 2.55. The van der Waals surface area contributed by atoms with E-state index >= 15 is 0 Å². The molecule has 0 saturated carbocycles. The molecule has 8 nitrogen and oxygen atoms in total. The summed E-state index contributed by atoms with van der Waals surface area (Å²) in [5.74, 6) is -2.49. The summed E-state index contributed by atoms with van der Waals surface area (Å²) in [6.45, 7) is 1.18. The zero-order valence-corrected chi connectivity index (χ0v) is 14.5. The monoisotopic (exact) mass is 373 g/mol. The Labute approximate surface area is 154 Å². The lowest BCUT2D eigenvalue weighted by Crippen LogP contribution is -2.58. The SMILES string of the molecule is O=C1NC(=O)N(c2cccc(Cl)c2)C(=O)[C@H]1C=NCCCn1ccnc1. The fourth-order valence-electron chi connectivity index (χ4n) is 2.53. The van der Waals surface area contributed by atoms with Crippen LogP contribution < -0.4 is 10.2 Å². The van der Waals surface area contributed by atoms with E-state index in [1.165, 1.54) is 12.3 Å². The zero-order valence-electron chi connectivity index (χ0n) is 13.7. The van der Waals surface area contributed by atoms with E-state index in [2.05, 4.69) is 15.3 Å². The minimum atomic E-state index is -1.15. The minimum Gasteiger partial charge on any atom is -0.337 e. The van der Waals surface area contributed by atoms with E-state index < -0.39 is 23.8 Å². The number of hydrogen-bond donors (Lipinski definition) is 1. The molecule has 1 aromatic heterocycles. The largest absolute Gasteiger partial charge is 0.337 e. The first-order valence-corrected chi connectivity index (χ1v) is 8.34. The Hall–Kier alpha value is -3.00. The van der Waals surface area contributed by atoms with E-state index in [4.69, 9.17) is 11.6 Å². The molecule has 1 saturated heterocycles. The maximum absolute atomic E-state index is 12.6. The van der Waals surface area contributed by atoms with Crippen molar-refractivity contribution in [3.63, 3.8) is 0 Å². The Bertz CT molecular complexity index is 850. The lowest BCUT2D eigenvalue weighted by Gasteiger charge is -2.28. The molecule has 0 unspecified atom stereocenters. The van der Waals surface area contributed by atoms with E-state index in [0.717, 1.165) is 17.9 Å². The predicted molar refractivity (Wildman–Crippen MR) is 96.2 cm³/mol. The lowest BCUT2D eigenvalue weighted by atomic mass is 10.1. The van der Waals surface area contributed by atoms with E-state index in [1.807, 2.05) is 10.8 Å². The van der Waals surface area contributed by atoms with Gasteiger partial charge in [-0.2, -0.15) is 0 Å². The number of hydrogen-bond acceptors (Lipinski definition) is 5. The van der Waals surface area contributed by atoms with Gasteiger partial charge in [-0.15, -0.1) is 0 Å². The molecule has 2 heterocycles. The standard InChI is InChI=1S/C17H16ClN5O3/c18-12-3-1-4-13(9-12)23-16(25)14(15(24)21-17(23)26)10-19-5-2-7-22-8-6-20-11-22/h1,3-4,6,8-11,14H,2,5,7H2,(H,21,24,26)/t14-/m0/s1. The summed E-state index contributed by atoms with van der Waals surface area (Å²) in [7, 11) is 0. The van der Waals surface area contributed by atoms with Crippen molar-refractivity contribution in [1.82, 2.24) is 14.9 Å². The van der Waals surface area contributed by atoms with Crippen LogP contribution in [0.5, 0.6) is 0 Å². The Morgan fingerprint density at radius 1 is 1.31 bits per heavy atom. The first kappa shape index (κ1) is 17.8. The summed E-state index contributed by atoms with van der Waals surface area (Å²) < 4.78 is 1.91. The van der Waals surface area contributed by atoms with Crippen molar-refractivity contribution in [1.29, 1.82) is 0 Å². The number of nitrogens with one attached hydrogen (secondary N) is 1. The van der Waals surface area contributed by atoms with Gasteiger partial charge in [0.25, 0.3) is 5.91 Å². The highest BCUT2D eigenvalue weighted by atomic mass is 35.5. The van der Waals surface area contributed by atoms with Gasteiger partial charge < -0.3 is 4.57 Å². The first-order valence-electron chi connectivity index (χ1n) is 7.96. The van der Waals surface area contributed by atoms with Gasteiger partial charge in [-0.1, -0.05) is 17.7 Å². The van der Waals surface area contributed by atoms with Crippen molar-refractivity contribution in [2.45, 2.75) is 13.0 Å². The van der Waals surface area contributed by atoms with Gasteiger partial charge in [0.2, 0.25) is 5.91 Å². The number of aryl methyl sites for hydroxylation is 1. The number of rotatable bonds is 6. The number of anilines is 1. The van der Waals surface area contributed by atoms with Crippen LogP contribution in [0.3, 0.4) is 0 Å². The van der Waals surface area contributed by atoms with Gasteiger partial charge in [0, 0.05) is 36.7 Å². The van der Waals surface area contributed by atoms with Crippen molar-refractivity contribution < 1.29 is 14.4 Å². The number of urea groups is 1. The molecule has 2 aromatic rings. The Kier molecular flexibility index (Phi) is 5.43. The van der Waals surface area contributed by atoms with Crippen molar-refractivity contribution in [2.24, 2.45) is 10.9 Å². The van der Waals surface area contributed by atoms with Crippen LogP contribution in [0.1, 0.15) is 6.42 Å². The van der Waals surface area contributed by atoms with Crippen LogP contribution in [-0.2, 0) is 16.1 Å². The van der Waals surface area contributed by atoms with Gasteiger partial charge in [-0.05, 0) is 24.6 Å². The molecule has 0 spiro atoms. The second kappa shape index (κ2) is 7.92. The molecule has 1 atom stereocenters. The fourth-order valence-corrected chi connectivity index (χ4v) is 2.71. The number of aliphatic imine (C=N–C) groups is 1. The van der Waals surface area contributed by atoms with Gasteiger partial charge in [0.15, 0.2) is 5.92 Å². The molecule has 134 valence electrons. The van der Waals surface area contributed by atoms with Crippen LogP contribution in [0.4, 0.5) is 10.5 Å². The number of nitrogens with zero attached hydrogens (tertiary/aromatic N) is 4. The maximum Gasteiger partial charge on any atom is 0.335 e. The van der Waals surface area contributed by atoms with Crippen LogP contribution in [0.2, 0.25) is 5.02 Å². The second-order valence-corrected chi connectivity index (χ2v) is 6.07. The van der Waals surface area contributed by atoms with E-state index in [1.54, 1.807) is 30.7 Å². The third kappa shape index (κ3) is 3.97. The highest BCUT2D eigenvalue weighted by molar-refractivity contribution is 6.34.